The predicted octanol–water partition coefficient (Wildman–Crippen LogP) is 1.06. The Morgan fingerprint density at radius 3 is 2.78 bits per heavy atom. The number of amides is 1. The molecule has 0 bridgehead atoms. The summed E-state index contributed by atoms with van der Waals surface area (Å²) in [5.41, 5.74) is -0.369. The van der Waals surface area contributed by atoms with Crippen LogP contribution in [0.2, 0.25) is 0 Å². The number of rotatable bonds is 9. The van der Waals surface area contributed by atoms with E-state index in [1.165, 1.54) is 11.3 Å². The fourth-order valence-corrected chi connectivity index (χ4v) is 3.00. The molecule has 0 saturated heterocycles. The molecule has 0 fully saturated rings. The Kier molecular flexibility index (Phi) is 7.81. The van der Waals surface area contributed by atoms with Crippen molar-refractivity contribution in [1.82, 2.24) is 25.7 Å². The number of carbonyl (C=O) groups excluding carboxylic acids is 1. The Morgan fingerprint density at radius 1 is 1.37 bits per heavy atom. The maximum atomic E-state index is 11.9. The van der Waals surface area contributed by atoms with Crippen LogP contribution in [0.3, 0.4) is 0 Å². The number of aliphatic imine (C=N–C) groups is 1. The summed E-state index contributed by atoms with van der Waals surface area (Å²) in [4.78, 5) is 17.0. The second-order valence-electron chi connectivity index (χ2n) is 6.39. The normalized spacial score (nSPS) is 13.9. The van der Waals surface area contributed by atoms with Crippen LogP contribution in [0, 0.1) is 0 Å². The molecule has 0 saturated carbocycles. The summed E-state index contributed by atoms with van der Waals surface area (Å²) in [7, 11) is 1.81. The zero-order valence-electron chi connectivity index (χ0n) is 16.0. The third-order valence-electron chi connectivity index (χ3n) is 3.89. The van der Waals surface area contributed by atoms with Gasteiger partial charge in [0, 0.05) is 38.4 Å². The van der Waals surface area contributed by atoms with Crippen molar-refractivity contribution in [2.75, 3.05) is 26.2 Å². The van der Waals surface area contributed by atoms with E-state index in [0.717, 1.165) is 23.4 Å². The molecule has 4 N–H and O–H groups in total. The zero-order valence-corrected chi connectivity index (χ0v) is 16.8. The van der Waals surface area contributed by atoms with Gasteiger partial charge in [0.15, 0.2) is 5.96 Å². The molecule has 0 aromatic carbocycles. The van der Waals surface area contributed by atoms with Gasteiger partial charge in [-0.2, -0.15) is 5.10 Å². The standard InChI is InChI=1S/C18H28N6O2S/c1-4-19-17(22-13-18(2,26)14-11-23-24(3)12-14)21-9-6-8-20-16(25)15-7-5-10-27-15/h5,7,10-12,26H,4,6,8-9,13H2,1-3H3,(H,20,25)(H2,19,21,22). The predicted molar refractivity (Wildman–Crippen MR) is 108 cm³/mol. The van der Waals surface area contributed by atoms with Crippen molar-refractivity contribution in [3.05, 3.63) is 40.3 Å². The topological polar surface area (TPSA) is 104 Å². The van der Waals surface area contributed by atoms with Gasteiger partial charge in [-0.15, -0.1) is 11.3 Å². The van der Waals surface area contributed by atoms with Crippen LogP contribution in [0.15, 0.2) is 34.9 Å². The number of guanidine groups is 1. The van der Waals surface area contributed by atoms with Gasteiger partial charge in [0.25, 0.3) is 5.91 Å². The molecular weight excluding hydrogens is 364 g/mol. The van der Waals surface area contributed by atoms with Gasteiger partial charge in [-0.1, -0.05) is 6.07 Å². The van der Waals surface area contributed by atoms with Crippen LogP contribution in [0.4, 0.5) is 0 Å². The monoisotopic (exact) mass is 392 g/mol. The Hall–Kier alpha value is -2.39. The lowest BCUT2D eigenvalue weighted by Crippen LogP contribution is -2.40. The first kappa shape index (κ1) is 20.9. The van der Waals surface area contributed by atoms with E-state index < -0.39 is 5.60 Å². The van der Waals surface area contributed by atoms with Gasteiger partial charge in [0.2, 0.25) is 0 Å². The minimum atomic E-state index is -1.09. The van der Waals surface area contributed by atoms with Crippen molar-refractivity contribution >= 4 is 23.2 Å². The van der Waals surface area contributed by atoms with E-state index in [2.05, 4.69) is 26.0 Å². The largest absolute Gasteiger partial charge is 0.383 e. The van der Waals surface area contributed by atoms with Crippen molar-refractivity contribution in [2.45, 2.75) is 25.9 Å². The van der Waals surface area contributed by atoms with Crippen LogP contribution in [0.1, 0.15) is 35.5 Å². The second-order valence-corrected chi connectivity index (χ2v) is 7.33. The Labute approximate surface area is 163 Å². The highest BCUT2D eigenvalue weighted by Gasteiger charge is 2.24. The minimum Gasteiger partial charge on any atom is -0.383 e. The van der Waals surface area contributed by atoms with E-state index in [0.29, 0.717) is 19.0 Å². The number of hydrogen-bond donors (Lipinski definition) is 4. The third kappa shape index (κ3) is 6.69. The molecular formula is C18H28N6O2S. The number of aliphatic hydroxyl groups is 1. The molecule has 0 radical (unpaired) electrons. The molecule has 148 valence electrons. The smallest absolute Gasteiger partial charge is 0.261 e. The van der Waals surface area contributed by atoms with Gasteiger partial charge in [-0.3, -0.25) is 9.48 Å². The highest BCUT2D eigenvalue weighted by atomic mass is 32.1. The van der Waals surface area contributed by atoms with Crippen LogP contribution in [-0.2, 0) is 12.6 Å². The lowest BCUT2D eigenvalue weighted by Gasteiger charge is -2.20. The van der Waals surface area contributed by atoms with Gasteiger partial charge in [-0.05, 0) is 31.7 Å². The maximum absolute atomic E-state index is 11.9. The molecule has 9 heteroatoms. The van der Waals surface area contributed by atoms with E-state index in [9.17, 15) is 9.90 Å². The Bertz CT molecular complexity index is 739. The van der Waals surface area contributed by atoms with Gasteiger partial charge >= 0.3 is 0 Å². The quantitative estimate of drug-likeness (QED) is 0.290. The summed E-state index contributed by atoms with van der Waals surface area (Å²) in [5, 5.41) is 25.9. The van der Waals surface area contributed by atoms with Crippen molar-refractivity contribution in [2.24, 2.45) is 12.0 Å². The minimum absolute atomic E-state index is 0.0434. The second kappa shape index (κ2) is 10.1. The lowest BCUT2D eigenvalue weighted by atomic mass is 10.0. The Morgan fingerprint density at radius 2 is 2.15 bits per heavy atom. The lowest BCUT2D eigenvalue weighted by molar-refractivity contribution is 0.0671. The molecule has 0 aliphatic rings. The third-order valence-corrected chi connectivity index (χ3v) is 4.76. The molecule has 8 nitrogen and oxygen atoms in total. The summed E-state index contributed by atoms with van der Waals surface area (Å²) in [5.74, 6) is 0.587. The van der Waals surface area contributed by atoms with Crippen LogP contribution in [-0.4, -0.2) is 52.9 Å². The van der Waals surface area contributed by atoms with Crippen LogP contribution in [0.5, 0.6) is 0 Å². The van der Waals surface area contributed by atoms with Crippen LogP contribution in [0.25, 0.3) is 0 Å². The van der Waals surface area contributed by atoms with Crippen molar-refractivity contribution < 1.29 is 9.90 Å². The van der Waals surface area contributed by atoms with Crippen LogP contribution >= 0.6 is 11.3 Å². The number of aromatic nitrogens is 2. The summed E-state index contributed by atoms with van der Waals surface area (Å²) >= 11 is 1.43. The average molecular weight is 393 g/mol. The first-order valence-corrected chi connectivity index (χ1v) is 9.85. The molecule has 2 aromatic heterocycles. The number of nitrogens with zero attached hydrogens (tertiary/aromatic N) is 3. The first-order valence-electron chi connectivity index (χ1n) is 8.98. The average Bonchev–Trinajstić information content (AvgIpc) is 3.31. The molecule has 0 spiro atoms. The van der Waals surface area contributed by atoms with E-state index in [1.54, 1.807) is 24.0 Å². The Balaban J connectivity index is 1.77. The van der Waals surface area contributed by atoms with Gasteiger partial charge < -0.3 is 21.1 Å². The molecule has 0 aliphatic heterocycles. The highest BCUT2D eigenvalue weighted by molar-refractivity contribution is 7.12. The van der Waals surface area contributed by atoms with Crippen LogP contribution < -0.4 is 16.0 Å². The summed E-state index contributed by atoms with van der Waals surface area (Å²) in [6.07, 6.45) is 4.19. The SMILES string of the molecule is CCNC(=NCC(C)(O)c1cnn(C)c1)NCCCNC(=O)c1cccs1. The fraction of sp³-hybridized carbons (Fsp3) is 0.500. The van der Waals surface area contributed by atoms with Gasteiger partial charge in [-0.25, -0.2) is 4.99 Å². The maximum Gasteiger partial charge on any atom is 0.261 e. The van der Waals surface area contributed by atoms with Crippen molar-refractivity contribution in [3.63, 3.8) is 0 Å². The van der Waals surface area contributed by atoms with Crippen molar-refractivity contribution in [1.29, 1.82) is 0 Å². The number of nitrogens with one attached hydrogen (secondary N) is 3. The van der Waals surface area contributed by atoms with E-state index in [1.807, 2.05) is 31.5 Å². The molecule has 2 aromatic rings. The summed E-state index contributed by atoms with van der Waals surface area (Å²) in [6, 6.07) is 3.67. The molecule has 2 rings (SSSR count). The highest BCUT2D eigenvalue weighted by Crippen LogP contribution is 2.19. The molecule has 1 amide bonds. The molecule has 1 unspecified atom stereocenters. The summed E-state index contributed by atoms with van der Waals surface area (Å²) < 4.78 is 1.65. The number of aryl methyl sites for hydroxylation is 1. The molecule has 2 heterocycles. The summed E-state index contributed by atoms with van der Waals surface area (Å²) in [6.45, 7) is 5.87. The molecule has 1 atom stereocenters. The molecule has 27 heavy (non-hydrogen) atoms. The molecule has 0 aliphatic carbocycles. The zero-order chi connectivity index (χ0) is 19.7. The number of hydrogen-bond acceptors (Lipinski definition) is 5. The van der Waals surface area contributed by atoms with Crippen molar-refractivity contribution in [3.8, 4) is 0 Å². The van der Waals surface area contributed by atoms with E-state index >= 15 is 0 Å². The van der Waals surface area contributed by atoms with E-state index in [4.69, 9.17) is 0 Å². The van der Waals surface area contributed by atoms with Gasteiger partial charge in [0.05, 0.1) is 17.6 Å². The van der Waals surface area contributed by atoms with Gasteiger partial charge in [0.1, 0.15) is 5.60 Å². The van der Waals surface area contributed by atoms with E-state index in [-0.39, 0.29) is 12.5 Å². The first-order chi connectivity index (χ1) is 12.9. The fourth-order valence-electron chi connectivity index (χ4n) is 2.36. The number of thiophene rings is 1. The number of carbonyl (C=O) groups is 1.